The van der Waals surface area contributed by atoms with Crippen LogP contribution in [-0.2, 0) is 0 Å². The van der Waals surface area contributed by atoms with Crippen LogP contribution in [0.2, 0.25) is 0 Å². The van der Waals surface area contributed by atoms with Gasteiger partial charge in [-0.15, -0.1) is 0 Å². The SMILES string of the molecule is OCCC1CC(NCC2CCCC2)CN(CC2CCCC2)C1. The van der Waals surface area contributed by atoms with E-state index in [-0.39, 0.29) is 0 Å². The minimum atomic E-state index is 0.358. The molecule has 0 aromatic rings. The number of aliphatic hydroxyl groups is 1. The molecule has 128 valence electrons. The quantitative estimate of drug-likeness (QED) is 0.759. The van der Waals surface area contributed by atoms with Gasteiger partial charge >= 0.3 is 0 Å². The molecule has 1 saturated heterocycles. The highest BCUT2D eigenvalue weighted by Crippen LogP contribution is 2.29. The summed E-state index contributed by atoms with van der Waals surface area (Å²) in [6.45, 7) is 5.36. The molecule has 1 heterocycles. The van der Waals surface area contributed by atoms with E-state index in [0.717, 1.165) is 18.3 Å². The van der Waals surface area contributed by atoms with Crippen molar-refractivity contribution in [2.45, 2.75) is 70.3 Å². The van der Waals surface area contributed by atoms with Crippen LogP contribution in [0.3, 0.4) is 0 Å². The van der Waals surface area contributed by atoms with E-state index in [4.69, 9.17) is 0 Å². The van der Waals surface area contributed by atoms with Gasteiger partial charge in [0.25, 0.3) is 0 Å². The maximum absolute atomic E-state index is 9.34. The summed E-state index contributed by atoms with van der Waals surface area (Å²) >= 11 is 0. The Morgan fingerprint density at radius 3 is 2.23 bits per heavy atom. The van der Waals surface area contributed by atoms with E-state index in [9.17, 15) is 5.11 Å². The largest absolute Gasteiger partial charge is 0.396 e. The molecular formula is C19H36N2O. The summed E-state index contributed by atoms with van der Waals surface area (Å²) in [6, 6.07) is 0.660. The van der Waals surface area contributed by atoms with Gasteiger partial charge in [-0.1, -0.05) is 25.7 Å². The fourth-order valence-corrected chi connectivity index (χ4v) is 5.10. The van der Waals surface area contributed by atoms with Crippen LogP contribution in [0.1, 0.15) is 64.2 Å². The Morgan fingerprint density at radius 1 is 0.864 bits per heavy atom. The van der Waals surface area contributed by atoms with Crippen LogP contribution in [0.25, 0.3) is 0 Å². The third-order valence-electron chi connectivity index (χ3n) is 6.31. The Hall–Kier alpha value is -0.120. The molecule has 0 spiro atoms. The highest BCUT2D eigenvalue weighted by atomic mass is 16.3. The van der Waals surface area contributed by atoms with Crippen molar-refractivity contribution in [3.05, 3.63) is 0 Å². The van der Waals surface area contributed by atoms with Gasteiger partial charge in [0.05, 0.1) is 0 Å². The van der Waals surface area contributed by atoms with Crippen LogP contribution in [0, 0.1) is 17.8 Å². The Balaban J connectivity index is 1.47. The highest BCUT2D eigenvalue weighted by molar-refractivity contribution is 4.86. The first-order chi connectivity index (χ1) is 10.8. The molecule has 3 rings (SSSR count). The average molecular weight is 309 g/mol. The van der Waals surface area contributed by atoms with Crippen LogP contribution in [0.5, 0.6) is 0 Å². The summed E-state index contributed by atoms with van der Waals surface area (Å²) in [5, 5.41) is 13.2. The van der Waals surface area contributed by atoms with Crippen molar-refractivity contribution in [3.63, 3.8) is 0 Å². The van der Waals surface area contributed by atoms with Gasteiger partial charge < -0.3 is 15.3 Å². The van der Waals surface area contributed by atoms with Gasteiger partial charge in [0, 0.05) is 32.3 Å². The molecule has 3 aliphatic rings. The van der Waals surface area contributed by atoms with Crippen LogP contribution < -0.4 is 5.32 Å². The number of piperidine rings is 1. The first-order valence-electron chi connectivity index (χ1n) is 9.90. The predicted octanol–water partition coefficient (Wildman–Crippen LogP) is 3.03. The van der Waals surface area contributed by atoms with E-state index in [1.54, 1.807) is 0 Å². The Kier molecular flexibility index (Phi) is 6.58. The molecule has 2 N–H and O–H groups in total. The number of nitrogens with one attached hydrogen (secondary N) is 1. The van der Waals surface area contributed by atoms with Crippen LogP contribution in [0.4, 0.5) is 0 Å². The summed E-state index contributed by atoms with van der Waals surface area (Å²) < 4.78 is 0. The molecule has 0 radical (unpaired) electrons. The molecule has 2 atom stereocenters. The Morgan fingerprint density at radius 2 is 1.55 bits per heavy atom. The first kappa shape index (κ1) is 16.7. The van der Waals surface area contributed by atoms with Gasteiger partial charge in [-0.3, -0.25) is 0 Å². The second kappa shape index (κ2) is 8.65. The van der Waals surface area contributed by atoms with E-state index in [1.807, 2.05) is 0 Å². The molecule has 3 nitrogen and oxygen atoms in total. The summed E-state index contributed by atoms with van der Waals surface area (Å²) in [5.74, 6) is 2.58. The lowest BCUT2D eigenvalue weighted by atomic mass is 9.90. The monoisotopic (exact) mass is 308 g/mol. The summed E-state index contributed by atoms with van der Waals surface area (Å²) in [7, 11) is 0. The second-order valence-electron chi connectivity index (χ2n) is 8.24. The molecule has 0 amide bonds. The van der Waals surface area contributed by atoms with E-state index >= 15 is 0 Å². The Bertz CT molecular complexity index is 311. The number of aliphatic hydroxyl groups excluding tert-OH is 1. The van der Waals surface area contributed by atoms with E-state index in [2.05, 4.69) is 10.2 Å². The number of hydrogen-bond acceptors (Lipinski definition) is 3. The summed E-state index contributed by atoms with van der Waals surface area (Å²) in [6.07, 6.45) is 13.8. The standard InChI is InChI=1S/C19H36N2O/c22-10-9-18-11-19(20-12-16-5-1-2-6-16)15-21(14-18)13-17-7-3-4-8-17/h16-20,22H,1-15H2. The molecule has 3 heteroatoms. The number of nitrogens with zero attached hydrogens (tertiary/aromatic N) is 1. The highest BCUT2D eigenvalue weighted by Gasteiger charge is 2.29. The third kappa shape index (κ3) is 4.94. The predicted molar refractivity (Wildman–Crippen MR) is 92.0 cm³/mol. The lowest BCUT2D eigenvalue weighted by molar-refractivity contribution is 0.105. The lowest BCUT2D eigenvalue weighted by Gasteiger charge is -2.39. The van der Waals surface area contributed by atoms with E-state index < -0.39 is 0 Å². The first-order valence-corrected chi connectivity index (χ1v) is 9.90. The van der Waals surface area contributed by atoms with Crippen LogP contribution in [-0.4, -0.2) is 48.8 Å². The van der Waals surface area contributed by atoms with Crippen molar-refractivity contribution in [3.8, 4) is 0 Å². The Labute approximate surface area is 136 Å². The van der Waals surface area contributed by atoms with Crippen molar-refractivity contribution in [2.75, 3.05) is 32.8 Å². The molecule has 0 bridgehead atoms. The van der Waals surface area contributed by atoms with Crippen LogP contribution >= 0.6 is 0 Å². The van der Waals surface area contributed by atoms with Crippen molar-refractivity contribution in [2.24, 2.45) is 17.8 Å². The minimum absolute atomic E-state index is 0.358. The molecule has 2 saturated carbocycles. The summed E-state index contributed by atoms with van der Waals surface area (Å²) in [5.41, 5.74) is 0. The van der Waals surface area contributed by atoms with Crippen molar-refractivity contribution >= 4 is 0 Å². The van der Waals surface area contributed by atoms with Crippen molar-refractivity contribution < 1.29 is 5.11 Å². The number of likely N-dealkylation sites (tertiary alicyclic amines) is 1. The van der Waals surface area contributed by atoms with Gasteiger partial charge in [-0.2, -0.15) is 0 Å². The molecule has 22 heavy (non-hydrogen) atoms. The molecule has 2 aliphatic carbocycles. The zero-order valence-corrected chi connectivity index (χ0v) is 14.3. The number of rotatable bonds is 7. The van der Waals surface area contributed by atoms with Gasteiger partial charge in [0.1, 0.15) is 0 Å². The molecule has 3 fully saturated rings. The normalized spacial score (nSPS) is 32.0. The maximum atomic E-state index is 9.34. The van der Waals surface area contributed by atoms with Gasteiger partial charge in [-0.25, -0.2) is 0 Å². The second-order valence-corrected chi connectivity index (χ2v) is 8.24. The fraction of sp³-hybridized carbons (Fsp3) is 1.00. The van der Waals surface area contributed by atoms with E-state index in [0.29, 0.717) is 18.6 Å². The molecular weight excluding hydrogens is 272 g/mol. The smallest absolute Gasteiger partial charge is 0.0434 e. The zero-order chi connectivity index (χ0) is 15.2. The van der Waals surface area contributed by atoms with Gasteiger partial charge in [0.15, 0.2) is 0 Å². The van der Waals surface area contributed by atoms with Gasteiger partial charge in [0.2, 0.25) is 0 Å². The minimum Gasteiger partial charge on any atom is -0.396 e. The van der Waals surface area contributed by atoms with Crippen molar-refractivity contribution in [1.82, 2.24) is 10.2 Å². The molecule has 1 aliphatic heterocycles. The average Bonchev–Trinajstić information content (AvgIpc) is 3.18. The lowest BCUT2D eigenvalue weighted by Crippen LogP contribution is -2.51. The third-order valence-corrected chi connectivity index (χ3v) is 6.31. The van der Waals surface area contributed by atoms with Gasteiger partial charge in [-0.05, 0) is 62.8 Å². The molecule has 2 unspecified atom stereocenters. The maximum Gasteiger partial charge on any atom is 0.0434 e. The van der Waals surface area contributed by atoms with E-state index in [1.165, 1.54) is 84.0 Å². The number of hydrogen-bond donors (Lipinski definition) is 2. The van der Waals surface area contributed by atoms with Crippen molar-refractivity contribution in [1.29, 1.82) is 0 Å². The molecule has 0 aromatic carbocycles. The zero-order valence-electron chi connectivity index (χ0n) is 14.3. The molecule has 0 aromatic heterocycles. The topological polar surface area (TPSA) is 35.5 Å². The van der Waals surface area contributed by atoms with Crippen LogP contribution in [0.15, 0.2) is 0 Å². The fourth-order valence-electron chi connectivity index (χ4n) is 5.10. The summed E-state index contributed by atoms with van der Waals surface area (Å²) in [4.78, 5) is 2.71.